The quantitative estimate of drug-likeness (QED) is 0.384. The van der Waals surface area contributed by atoms with Gasteiger partial charge in [-0.25, -0.2) is 4.79 Å². The van der Waals surface area contributed by atoms with Gasteiger partial charge in [0.25, 0.3) is 0 Å². The topological polar surface area (TPSA) is 138 Å². The SMILES string of the molecule is CNCCCCc1nc(C2CCC(C(=O)N[C@@H](Cc3ccccc3)C(=O)O)C(O)C2)no1. The molecule has 0 saturated heterocycles. The molecule has 1 heterocycles. The lowest BCUT2D eigenvalue weighted by atomic mass is 9.79. The summed E-state index contributed by atoms with van der Waals surface area (Å²) in [7, 11) is 1.91. The second-order valence-electron chi connectivity index (χ2n) is 8.38. The molecule has 0 aliphatic heterocycles. The van der Waals surface area contributed by atoms with Crippen LogP contribution in [0.1, 0.15) is 55.3 Å². The third-order valence-corrected chi connectivity index (χ3v) is 5.97. The highest BCUT2D eigenvalue weighted by Gasteiger charge is 2.37. The van der Waals surface area contributed by atoms with E-state index in [2.05, 4.69) is 20.8 Å². The molecule has 4 N–H and O–H groups in total. The number of aliphatic hydroxyl groups is 1. The predicted molar refractivity (Wildman–Crippen MR) is 117 cm³/mol. The van der Waals surface area contributed by atoms with Crippen molar-refractivity contribution < 1.29 is 24.3 Å². The van der Waals surface area contributed by atoms with Crippen LogP contribution in [0, 0.1) is 5.92 Å². The number of aliphatic hydroxyl groups excluding tert-OH is 1. The van der Waals surface area contributed by atoms with Gasteiger partial charge in [-0.05, 0) is 51.3 Å². The predicted octanol–water partition coefficient (Wildman–Crippen LogP) is 1.67. The zero-order valence-corrected chi connectivity index (χ0v) is 18.4. The highest BCUT2D eigenvalue weighted by atomic mass is 16.5. The van der Waals surface area contributed by atoms with Crippen molar-refractivity contribution in [1.82, 2.24) is 20.8 Å². The summed E-state index contributed by atoms with van der Waals surface area (Å²) in [4.78, 5) is 28.9. The Bertz CT molecular complexity index is 872. The van der Waals surface area contributed by atoms with Gasteiger partial charge in [-0.2, -0.15) is 4.98 Å². The zero-order chi connectivity index (χ0) is 22.9. The van der Waals surface area contributed by atoms with Crippen LogP contribution in [-0.4, -0.2) is 58.0 Å². The van der Waals surface area contributed by atoms with E-state index in [-0.39, 0.29) is 12.3 Å². The summed E-state index contributed by atoms with van der Waals surface area (Å²) < 4.78 is 5.34. The van der Waals surface area contributed by atoms with E-state index in [0.717, 1.165) is 24.9 Å². The number of hydrogen-bond donors (Lipinski definition) is 4. The highest BCUT2D eigenvalue weighted by molar-refractivity contribution is 5.85. The highest BCUT2D eigenvalue weighted by Crippen LogP contribution is 2.35. The molecule has 1 amide bonds. The molecule has 1 fully saturated rings. The number of amides is 1. The summed E-state index contributed by atoms with van der Waals surface area (Å²) in [5.74, 6) is -1.10. The zero-order valence-electron chi connectivity index (χ0n) is 18.4. The fourth-order valence-corrected chi connectivity index (χ4v) is 4.13. The minimum atomic E-state index is -1.10. The molecule has 1 aliphatic carbocycles. The third-order valence-electron chi connectivity index (χ3n) is 5.97. The van der Waals surface area contributed by atoms with Crippen LogP contribution in [-0.2, 0) is 22.4 Å². The largest absolute Gasteiger partial charge is 0.480 e. The molecule has 9 heteroatoms. The van der Waals surface area contributed by atoms with Crippen molar-refractivity contribution in [1.29, 1.82) is 0 Å². The molecule has 0 spiro atoms. The van der Waals surface area contributed by atoms with Crippen LogP contribution in [0.5, 0.6) is 0 Å². The molecule has 1 aliphatic rings. The second kappa shape index (κ2) is 11.7. The Morgan fingerprint density at radius 3 is 2.69 bits per heavy atom. The molecular formula is C23H32N4O5. The fraction of sp³-hybridized carbons (Fsp3) is 0.565. The number of rotatable bonds is 11. The number of carbonyl (C=O) groups excluding carboxylic acids is 1. The van der Waals surface area contributed by atoms with Gasteiger partial charge in [-0.15, -0.1) is 0 Å². The van der Waals surface area contributed by atoms with E-state index < -0.39 is 29.9 Å². The number of nitrogens with one attached hydrogen (secondary N) is 2. The van der Waals surface area contributed by atoms with Crippen molar-refractivity contribution in [2.75, 3.05) is 13.6 Å². The van der Waals surface area contributed by atoms with Gasteiger partial charge < -0.3 is 25.4 Å². The number of aryl methyl sites for hydroxylation is 1. The molecule has 4 atom stereocenters. The monoisotopic (exact) mass is 444 g/mol. The first kappa shape index (κ1) is 23.9. The normalized spacial score (nSPS) is 21.8. The lowest BCUT2D eigenvalue weighted by Gasteiger charge is -2.31. The molecule has 3 unspecified atom stereocenters. The van der Waals surface area contributed by atoms with Crippen LogP contribution in [0.25, 0.3) is 0 Å². The van der Waals surface area contributed by atoms with Crippen LogP contribution in [0.3, 0.4) is 0 Å². The lowest BCUT2D eigenvalue weighted by molar-refractivity contribution is -0.143. The summed E-state index contributed by atoms with van der Waals surface area (Å²) in [6, 6.07) is 8.10. The smallest absolute Gasteiger partial charge is 0.326 e. The third kappa shape index (κ3) is 6.61. The Kier molecular flexibility index (Phi) is 8.75. The fourth-order valence-electron chi connectivity index (χ4n) is 4.13. The number of carbonyl (C=O) groups is 2. The van der Waals surface area contributed by atoms with Crippen LogP contribution < -0.4 is 10.6 Å². The van der Waals surface area contributed by atoms with E-state index in [1.165, 1.54) is 0 Å². The van der Waals surface area contributed by atoms with Gasteiger partial charge in [-0.3, -0.25) is 4.79 Å². The van der Waals surface area contributed by atoms with Crippen molar-refractivity contribution in [3.05, 3.63) is 47.6 Å². The van der Waals surface area contributed by atoms with E-state index in [1.807, 2.05) is 37.4 Å². The lowest BCUT2D eigenvalue weighted by Crippen LogP contribution is -2.48. The summed E-state index contributed by atoms with van der Waals surface area (Å²) >= 11 is 0. The molecule has 174 valence electrons. The first-order chi connectivity index (χ1) is 15.5. The number of nitrogens with zero attached hydrogens (tertiary/aromatic N) is 2. The maximum Gasteiger partial charge on any atom is 0.326 e. The van der Waals surface area contributed by atoms with Crippen molar-refractivity contribution in [2.45, 2.75) is 63.0 Å². The average Bonchev–Trinajstić information content (AvgIpc) is 3.26. The van der Waals surface area contributed by atoms with Gasteiger partial charge in [0.1, 0.15) is 6.04 Å². The van der Waals surface area contributed by atoms with Gasteiger partial charge in [0, 0.05) is 18.8 Å². The van der Waals surface area contributed by atoms with Crippen LogP contribution in [0.2, 0.25) is 0 Å². The maximum absolute atomic E-state index is 12.7. The summed E-state index contributed by atoms with van der Waals surface area (Å²) in [6.07, 6.45) is 3.39. The molecule has 2 aromatic rings. The van der Waals surface area contributed by atoms with Gasteiger partial charge in [0.15, 0.2) is 5.82 Å². The van der Waals surface area contributed by atoms with Crippen LogP contribution >= 0.6 is 0 Å². The summed E-state index contributed by atoms with van der Waals surface area (Å²) in [6.45, 7) is 0.938. The number of aliphatic carboxylic acids is 1. The number of hydrogen-bond acceptors (Lipinski definition) is 7. The van der Waals surface area contributed by atoms with Gasteiger partial charge >= 0.3 is 5.97 Å². The molecular weight excluding hydrogens is 412 g/mol. The number of carboxylic acid groups (broad SMARTS) is 1. The first-order valence-electron chi connectivity index (χ1n) is 11.2. The molecule has 1 saturated carbocycles. The van der Waals surface area contributed by atoms with Crippen molar-refractivity contribution in [3.8, 4) is 0 Å². The second-order valence-corrected chi connectivity index (χ2v) is 8.38. The number of benzene rings is 1. The van der Waals surface area contributed by atoms with E-state index in [0.29, 0.717) is 37.4 Å². The van der Waals surface area contributed by atoms with E-state index in [1.54, 1.807) is 0 Å². The Morgan fingerprint density at radius 1 is 1.22 bits per heavy atom. The molecule has 9 nitrogen and oxygen atoms in total. The summed E-state index contributed by atoms with van der Waals surface area (Å²) in [5.41, 5.74) is 0.823. The van der Waals surface area contributed by atoms with Gasteiger partial charge in [-0.1, -0.05) is 35.5 Å². The first-order valence-corrected chi connectivity index (χ1v) is 11.2. The average molecular weight is 445 g/mol. The van der Waals surface area contributed by atoms with Crippen molar-refractivity contribution in [3.63, 3.8) is 0 Å². The molecule has 0 bridgehead atoms. The van der Waals surface area contributed by atoms with Crippen LogP contribution in [0.15, 0.2) is 34.9 Å². The minimum absolute atomic E-state index is 0.0801. The maximum atomic E-state index is 12.7. The van der Waals surface area contributed by atoms with Crippen LogP contribution in [0.4, 0.5) is 0 Å². The number of unbranched alkanes of at least 4 members (excludes halogenated alkanes) is 1. The standard InChI is InChI=1S/C23H32N4O5/c1-24-12-6-5-9-20-26-21(27-32-20)16-10-11-17(19(28)14-16)22(29)25-18(23(30)31)13-15-7-3-2-4-8-15/h2-4,7-8,16-19,24,28H,5-6,9-14H2,1H3,(H,25,29)(H,30,31)/t16?,17?,18-,19?/m0/s1. The molecule has 1 aromatic heterocycles. The number of carboxylic acids is 1. The van der Waals surface area contributed by atoms with E-state index in [9.17, 15) is 19.8 Å². The molecule has 0 radical (unpaired) electrons. The van der Waals surface area contributed by atoms with Crippen molar-refractivity contribution in [2.24, 2.45) is 5.92 Å². The Morgan fingerprint density at radius 2 is 2.00 bits per heavy atom. The van der Waals surface area contributed by atoms with Gasteiger partial charge in [0.2, 0.25) is 11.8 Å². The Labute approximate surface area is 187 Å². The summed E-state index contributed by atoms with van der Waals surface area (Å²) in [5, 5.41) is 29.9. The minimum Gasteiger partial charge on any atom is -0.480 e. The van der Waals surface area contributed by atoms with Gasteiger partial charge in [0.05, 0.1) is 12.0 Å². The molecule has 32 heavy (non-hydrogen) atoms. The Balaban J connectivity index is 1.52. The number of aromatic nitrogens is 2. The molecule has 3 rings (SSSR count). The van der Waals surface area contributed by atoms with E-state index >= 15 is 0 Å². The van der Waals surface area contributed by atoms with E-state index in [4.69, 9.17) is 4.52 Å². The Hall–Kier alpha value is -2.78. The van der Waals surface area contributed by atoms with Crippen molar-refractivity contribution >= 4 is 11.9 Å². The molecule has 1 aromatic carbocycles.